The molecule has 0 aliphatic carbocycles. The van der Waals surface area contributed by atoms with E-state index in [1.54, 1.807) is 19.5 Å². The lowest BCUT2D eigenvalue weighted by molar-refractivity contribution is 0.415. The Kier molecular flexibility index (Phi) is 2.98. The number of ether oxygens (including phenoxy) is 1. The van der Waals surface area contributed by atoms with Crippen LogP contribution in [-0.2, 0) is 0 Å². The molecule has 94 valence electrons. The van der Waals surface area contributed by atoms with Crippen LogP contribution in [0.2, 0.25) is 0 Å². The molecule has 1 aromatic carbocycles. The summed E-state index contributed by atoms with van der Waals surface area (Å²) in [5.74, 6) is 0.773. The van der Waals surface area contributed by atoms with Gasteiger partial charge in [-0.2, -0.15) is 5.10 Å². The topological polar surface area (TPSA) is 39.9 Å². The van der Waals surface area contributed by atoms with Crippen LogP contribution in [0.25, 0.3) is 16.9 Å². The number of hydrogen-bond acceptors (Lipinski definition) is 3. The second-order valence-electron chi connectivity index (χ2n) is 4.05. The highest BCUT2D eigenvalue weighted by molar-refractivity contribution is 5.66. The average molecular weight is 251 g/mol. The van der Waals surface area contributed by atoms with Crippen molar-refractivity contribution in [2.24, 2.45) is 0 Å². The summed E-state index contributed by atoms with van der Waals surface area (Å²) >= 11 is 0. The van der Waals surface area contributed by atoms with E-state index in [0.29, 0.717) is 0 Å². The minimum atomic E-state index is 0.773. The van der Waals surface area contributed by atoms with Crippen LogP contribution in [-0.4, -0.2) is 21.9 Å². The number of nitrogens with zero attached hydrogens (tertiary/aromatic N) is 3. The summed E-state index contributed by atoms with van der Waals surface area (Å²) in [6.07, 6.45) is 5.44. The fraction of sp³-hybridized carbons (Fsp3) is 0.0667. The molecule has 2 aromatic heterocycles. The molecule has 0 aliphatic heterocycles. The highest BCUT2D eigenvalue weighted by atomic mass is 16.5. The molecule has 0 saturated heterocycles. The molecule has 2 heterocycles. The Labute approximate surface area is 111 Å². The van der Waals surface area contributed by atoms with E-state index < -0.39 is 0 Å². The minimum Gasteiger partial charge on any atom is -0.494 e. The first-order valence-electron chi connectivity index (χ1n) is 5.98. The van der Waals surface area contributed by atoms with Crippen LogP contribution >= 0.6 is 0 Å². The number of pyridine rings is 1. The molecule has 19 heavy (non-hydrogen) atoms. The van der Waals surface area contributed by atoms with Gasteiger partial charge in [0.15, 0.2) is 0 Å². The van der Waals surface area contributed by atoms with E-state index in [1.807, 2.05) is 53.3 Å². The van der Waals surface area contributed by atoms with Gasteiger partial charge in [-0.25, -0.2) is 4.68 Å². The monoisotopic (exact) mass is 251 g/mol. The fourth-order valence-electron chi connectivity index (χ4n) is 1.97. The zero-order valence-corrected chi connectivity index (χ0v) is 10.5. The van der Waals surface area contributed by atoms with Crippen molar-refractivity contribution < 1.29 is 4.74 Å². The number of methoxy groups -OCH3 is 1. The Bertz CT molecular complexity index is 660. The largest absolute Gasteiger partial charge is 0.494 e. The quantitative estimate of drug-likeness (QED) is 0.718. The fourth-order valence-corrected chi connectivity index (χ4v) is 1.97. The number of hydrogen-bond donors (Lipinski definition) is 0. The maximum Gasteiger partial charge on any atom is 0.145 e. The van der Waals surface area contributed by atoms with Crippen LogP contribution in [0.3, 0.4) is 0 Å². The molecule has 4 heteroatoms. The van der Waals surface area contributed by atoms with Crippen LogP contribution in [0.15, 0.2) is 61.1 Å². The van der Waals surface area contributed by atoms with Gasteiger partial charge in [0.1, 0.15) is 11.4 Å². The summed E-state index contributed by atoms with van der Waals surface area (Å²) in [6.45, 7) is 0. The van der Waals surface area contributed by atoms with Crippen molar-refractivity contribution >= 4 is 0 Å². The number of aromatic nitrogens is 3. The lowest BCUT2D eigenvalue weighted by atomic mass is 10.1. The van der Waals surface area contributed by atoms with E-state index in [9.17, 15) is 0 Å². The smallest absolute Gasteiger partial charge is 0.145 e. The Balaban J connectivity index is 1.99. The third kappa shape index (κ3) is 2.20. The van der Waals surface area contributed by atoms with Crippen molar-refractivity contribution in [3.63, 3.8) is 0 Å². The maximum absolute atomic E-state index is 5.32. The van der Waals surface area contributed by atoms with Crippen molar-refractivity contribution in [3.05, 3.63) is 61.1 Å². The first-order valence-corrected chi connectivity index (χ1v) is 5.98. The lowest BCUT2D eigenvalue weighted by Crippen LogP contribution is -1.94. The summed E-state index contributed by atoms with van der Waals surface area (Å²) < 4.78 is 7.14. The summed E-state index contributed by atoms with van der Waals surface area (Å²) in [5, 5.41) is 4.20. The van der Waals surface area contributed by atoms with Gasteiger partial charge in [0.2, 0.25) is 0 Å². The highest BCUT2D eigenvalue weighted by Gasteiger charge is 2.06. The third-order valence-corrected chi connectivity index (χ3v) is 2.90. The zero-order valence-electron chi connectivity index (χ0n) is 10.5. The Morgan fingerprint density at radius 2 is 1.84 bits per heavy atom. The van der Waals surface area contributed by atoms with Crippen molar-refractivity contribution in [2.75, 3.05) is 7.11 Å². The number of rotatable bonds is 3. The van der Waals surface area contributed by atoms with Gasteiger partial charge in [-0.3, -0.25) is 4.98 Å². The second kappa shape index (κ2) is 4.94. The molecule has 3 rings (SSSR count). The van der Waals surface area contributed by atoms with Crippen molar-refractivity contribution in [3.8, 4) is 22.7 Å². The van der Waals surface area contributed by atoms with E-state index >= 15 is 0 Å². The molecule has 0 bridgehead atoms. The average Bonchev–Trinajstić information content (AvgIpc) is 3.02. The molecule has 0 radical (unpaired) electrons. The first kappa shape index (κ1) is 11.5. The van der Waals surface area contributed by atoms with Gasteiger partial charge in [0.05, 0.1) is 12.8 Å². The van der Waals surface area contributed by atoms with Gasteiger partial charge in [0, 0.05) is 24.2 Å². The summed E-state index contributed by atoms with van der Waals surface area (Å²) in [7, 11) is 1.65. The Hall–Kier alpha value is -2.62. The summed E-state index contributed by atoms with van der Waals surface area (Å²) in [5.41, 5.74) is 2.88. The predicted octanol–water partition coefficient (Wildman–Crippen LogP) is 2.94. The molecule has 4 nitrogen and oxygen atoms in total. The van der Waals surface area contributed by atoms with Crippen molar-refractivity contribution in [2.45, 2.75) is 0 Å². The lowest BCUT2D eigenvalue weighted by Gasteiger charge is -2.08. The van der Waals surface area contributed by atoms with Crippen LogP contribution in [0.4, 0.5) is 0 Å². The van der Waals surface area contributed by atoms with Crippen molar-refractivity contribution in [1.29, 1.82) is 0 Å². The highest BCUT2D eigenvalue weighted by Crippen LogP contribution is 2.27. The minimum absolute atomic E-state index is 0.773. The Morgan fingerprint density at radius 1 is 1.00 bits per heavy atom. The van der Waals surface area contributed by atoms with E-state index in [0.717, 1.165) is 22.7 Å². The van der Waals surface area contributed by atoms with Gasteiger partial charge in [-0.15, -0.1) is 0 Å². The van der Waals surface area contributed by atoms with Gasteiger partial charge in [-0.05, 0) is 30.3 Å². The normalized spacial score (nSPS) is 10.4. The van der Waals surface area contributed by atoms with Crippen LogP contribution in [0.5, 0.6) is 5.75 Å². The van der Waals surface area contributed by atoms with Crippen LogP contribution < -0.4 is 4.74 Å². The predicted molar refractivity (Wildman–Crippen MR) is 73.3 cm³/mol. The first-order chi connectivity index (χ1) is 9.38. The summed E-state index contributed by atoms with van der Waals surface area (Å²) in [6, 6.07) is 13.7. The molecule has 3 aromatic rings. The second-order valence-corrected chi connectivity index (χ2v) is 4.05. The summed E-state index contributed by atoms with van der Waals surface area (Å²) in [4.78, 5) is 4.36. The van der Waals surface area contributed by atoms with Gasteiger partial charge in [0.25, 0.3) is 0 Å². The van der Waals surface area contributed by atoms with E-state index in [-0.39, 0.29) is 0 Å². The number of benzene rings is 1. The van der Waals surface area contributed by atoms with Crippen LogP contribution in [0, 0.1) is 0 Å². The van der Waals surface area contributed by atoms with E-state index in [4.69, 9.17) is 4.74 Å². The molecule has 0 fully saturated rings. The molecule has 0 aliphatic rings. The molecule has 0 amide bonds. The van der Waals surface area contributed by atoms with Crippen LogP contribution in [0.1, 0.15) is 0 Å². The molecule has 0 unspecified atom stereocenters. The van der Waals surface area contributed by atoms with E-state index in [2.05, 4.69) is 10.1 Å². The molecule has 0 saturated carbocycles. The molecule has 0 atom stereocenters. The zero-order chi connectivity index (χ0) is 13.1. The molecular weight excluding hydrogens is 238 g/mol. The SMILES string of the molecule is COc1cccnc1-c1ccc(-n2cccn2)cc1. The maximum atomic E-state index is 5.32. The van der Waals surface area contributed by atoms with Crippen molar-refractivity contribution in [1.82, 2.24) is 14.8 Å². The Morgan fingerprint density at radius 3 is 2.53 bits per heavy atom. The van der Waals surface area contributed by atoms with Gasteiger partial charge >= 0.3 is 0 Å². The molecule has 0 spiro atoms. The van der Waals surface area contributed by atoms with Gasteiger partial charge < -0.3 is 4.74 Å². The molecular formula is C15H13N3O. The molecule has 0 N–H and O–H groups in total. The third-order valence-electron chi connectivity index (χ3n) is 2.90. The van der Waals surface area contributed by atoms with Gasteiger partial charge in [-0.1, -0.05) is 12.1 Å². The van der Waals surface area contributed by atoms with E-state index in [1.165, 1.54) is 0 Å². The standard InChI is InChI=1S/C15H13N3O/c1-19-14-4-2-9-16-15(14)12-5-7-13(8-6-12)18-11-3-10-17-18/h2-11H,1H3.